The van der Waals surface area contributed by atoms with Crippen molar-refractivity contribution >= 4 is 13.7 Å². The SMILES string of the molecule is CCCCCCCCCCCCCCCC[C@@H](O)[C@H](COP(=O)([O-])OCC[N+](C)(C)C)NC(=O)CCCCCCCCCC. The maximum Gasteiger partial charge on any atom is 0.268 e. The Kier molecular flexibility index (Phi) is 28.4. The second-order valence-electron chi connectivity index (χ2n) is 13.9. The summed E-state index contributed by atoms with van der Waals surface area (Å²) in [4.78, 5) is 25.0. The number of hydrogen-bond acceptors (Lipinski definition) is 6. The number of phosphoric ester groups is 1. The fourth-order valence-electron chi connectivity index (χ4n) is 5.33. The van der Waals surface area contributed by atoms with Gasteiger partial charge in [0.25, 0.3) is 7.82 Å². The molecule has 1 amide bonds. The Bertz CT molecular complexity index is 703. The number of hydrogen-bond donors (Lipinski definition) is 2. The second-order valence-corrected chi connectivity index (χ2v) is 15.4. The number of carbonyl (C=O) groups excluding carboxylic acids is 1. The fourth-order valence-corrected chi connectivity index (χ4v) is 6.05. The molecule has 0 saturated heterocycles. The summed E-state index contributed by atoms with van der Waals surface area (Å²) in [7, 11) is 1.31. The molecule has 2 N–H and O–H groups in total. The Labute approximate surface area is 272 Å². The number of rotatable bonds is 33. The molecule has 0 aromatic rings. The smallest absolute Gasteiger partial charge is 0.268 e. The van der Waals surface area contributed by atoms with Crippen molar-refractivity contribution in [3.8, 4) is 0 Å². The van der Waals surface area contributed by atoms with Gasteiger partial charge in [-0.25, -0.2) is 0 Å². The lowest BCUT2D eigenvalue weighted by Crippen LogP contribution is -2.46. The lowest BCUT2D eigenvalue weighted by atomic mass is 10.0. The van der Waals surface area contributed by atoms with Crippen molar-refractivity contribution in [2.45, 2.75) is 180 Å². The number of phosphoric acid groups is 1. The van der Waals surface area contributed by atoms with Crippen LogP contribution in [0, 0.1) is 0 Å². The maximum atomic E-state index is 12.7. The van der Waals surface area contributed by atoms with Crippen molar-refractivity contribution < 1.29 is 32.9 Å². The van der Waals surface area contributed by atoms with Crippen molar-refractivity contribution in [3.05, 3.63) is 0 Å². The van der Waals surface area contributed by atoms with E-state index < -0.39 is 20.0 Å². The summed E-state index contributed by atoms with van der Waals surface area (Å²) < 4.78 is 23.1. The minimum Gasteiger partial charge on any atom is -0.756 e. The van der Waals surface area contributed by atoms with Crippen LogP contribution < -0.4 is 10.2 Å². The van der Waals surface area contributed by atoms with E-state index in [-0.39, 0.29) is 19.1 Å². The lowest BCUT2D eigenvalue weighted by Gasteiger charge is -2.30. The van der Waals surface area contributed by atoms with Gasteiger partial charge in [-0.1, -0.05) is 149 Å². The average molecular weight is 649 g/mol. The Morgan fingerprint density at radius 1 is 0.705 bits per heavy atom. The molecule has 0 rings (SSSR count). The number of carbonyl (C=O) groups is 1. The van der Waals surface area contributed by atoms with Gasteiger partial charge in [0.15, 0.2) is 0 Å². The molecule has 0 bridgehead atoms. The van der Waals surface area contributed by atoms with Gasteiger partial charge in [-0.2, -0.15) is 0 Å². The van der Waals surface area contributed by atoms with Crippen LogP contribution in [0.15, 0.2) is 0 Å². The van der Waals surface area contributed by atoms with Gasteiger partial charge in [-0.15, -0.1) is 0 Å². The topological polar surface area (TPSA) is 108 Å². The molecule has 0 radical (unpaired) electrons. The van der Waals surface area contributed by atoms with Crippen molar-refractivity contribution in [1.29, 1.82) is 0 Å². The van der Waals surface area contributed by atoms with Gasteiger partial charge in [-0.05, 0) is 12.8 Å². The second kappa shape index (κ2) is 28.7. The van der Waals surface area contributed by atoms with E-state index in [1.807, 2.05) is 21.1 Å². The highest BCUT2D eigenvalue weighted by Crippen LogP contribution is 2.38. The molecule has 0 aromatic heterocycles. The third-order valence-electron chi connectivity index (χ3n) is 8.35. The van der Waals surface area contributed by atoms with Crippen LogP contribution in [0.25, 0.3) is 0 Å². The summed E-state index contributed by atoms with van der Waals surface area (Å²) in [6, 6.07) is -0.789. The lowest BCUT2D eigenvalue weighted by molar-refractivity contribution is -0.870. The highest BCUT2D eigenvalue weighted by atomic mass is 31.2. The molecule has 0 aliphatic heterocycles. The number of unbranched alkanes of at least 4 members (excludes halogenated alkanes) is 20. The summed E-state index contributed by atoms with van der Waals surface area (Å²) in [5.41, 5.74) is 0. The van der Waals surface area contributed by atoms with E-state index in [1.54, 1.807) is 0 Å². The molecule has 8 nitrogen and oxygen atoms in total. The molecule has 0 saturated carbocycles. The van der Waals surface area contributed by atoms with Crippen molar-refractivity contribution in [2.24, 2.45) is 0 Å². The van der Waals surface area contributed by atoms with Crippen LogP contribution in [0.4, 0.5) is 0 Å². The zero-order valence-corrected chi connectivity index (χ0v) is 30.5. The van der Waals surface area contributed by atoms with Gasteiger partial charge >= 0.3 is 0 Å². The number of aliphatic hydroxyl groups is 1. The average Bonchev–Trinajstić information content (AvgIpc) is 2.95. The Hall–Kier alpha value is -0.500. The first kappa shape index (κ1) is 43.5. The van der Waals surface area contributed by atoms with Crippen LogP contribution in [0.5, 0.6) is 0 Å². The molecule has 3 atom stereocenters. The number of nitrogens with zero attached hydrogens (tertiary/aromatic N) is 1. The van der Waals surface area contributed by atoms with Gasteiger partial charge in [0.2, 0.25) is 5.91 Å². The normalized spacial score (nSPS) is 14.8. The summed E-state index contributed by atoms with van der Waals surface area (Å²) >= 11 is 0. The summed E-state index contributed by atoms with van der Waals surface area (Å²) in [6.07, 6.45) is 26.8. The van der Waals surface area contributed by atoms with Crippen LogP contribution in [0.1, 0.15) is 168 Å². The highest BCUT2D eigenvalue weighted by molar-refractivity contribution is 7.45. The number of likely N-dealkylation sites (N-methyl/N-ethyl adjacent to an activating group) is 1. The van der Waals surface area contributed by atoms with Crippen LogP contribution in [0.2, 0.25) is 0 Å². The molecule has 0 fully saturated rings. The molecular weight excluding hydrogens is 575 g/mol. The van der Waals surface area contributed by atoms with Crippen molar-refractivity contribution in [3.63, 3.8) is 0 Å². The Morgan fingerprint density at radius 3 is 1.55 bits per heavy atom. The molecule has 9 heteroatoms. The van der Waals surface area contributed by atoms with E-state index in [9.17, 15) is 19.4 Å². The summed E-state index contributed by atoms with van der Waals surface area (Å²) in [5, 5.41) is 13.8. The molecule has 0 aliphatic rings. The molecule has 0 spiro atoms. The van der Waals surface area contributed by atoms with E-state index in [0.29, 0.717) is 23.9 Å². The van der Waals surface area contributed by atoms with E-state index in [0.717, 1.165) is 38.5 Å². The minimum atomic E-state index is -4.54. The minimum absolute atomic E-state index is 0.0152. The number of aliphatic hydroxyl groups excluding tert-OH is 1. The predicted molar refractivity (Wildman–Crippen MR) is 183 cm³/mol. The van der Waals surface area contributed by atoms with Gasteiger partial charge in [0.1, 0.15) is 13.2 Å². The van der Waals surface area contributed by atoms with E-state index in [4.69, 9.17) is 9.05 Å². The number of quaternary nitrogens is 1. The fraction of sp³-hybridized carbons (Fsp3) is 0.971. The quantitative estimate of drug-likeness (QED) is 0.0420. The third-order valence-corrected chi connectivity index (χ3v) is 9.31. The number of amides is 1. The molecule has 44 heavy (non-hydrogen) atoms. The van der Waals surface area contributed by atoms with Crippen molar-refractivity contribution in [1.82, 2.24) is 5.32 Å². The largest absolute Gasteiger partial charge is 0.756 e. The third kappa shape index (κ3) is 30.2. The van der Waals surface area contributed by atoms with Crippen LogP contribution in [-0.4, -0.2) is 68.5 Å². The van der Waals surface area contributed by atoms with Gasteiger partial charge in [0, 0.05) is 6.42 Å². The molecular formula is C35H73N2O6P. The Morgan fingerprint density at radius 2 is 1.11 bits per heavy atom. The summed E-state index contributed by atoms with van der Waals surface area (Å²) in [5.74, 6) is -0.170. The van der Waals surface area contributed by atoms with Crippen LogP contribution >= 0.6 is 7.82 Å². The van der Waals surface area contributed by atoms with Gasteiger partial charge < -0.3 is 28.8 Å². The van der Waals surface area contributed by atoms with Gasteiger partial charge in [0.05, 0.1) is 39.9 Å². The molecule has 264 valence electrons. The first-order valence-corrected chi connectivity index (χ1v) is 19.8. The maximum absolute atomic E-state index is 12.7. The van der Waals surface area contributed by atoms with Crippen LogP contribution in [0.3, 0.4) is 0 Å². The summed E-state index contributed by atoms with van der Waals surface area (Å²) in [6.45, 7) is 4.67. The van der Waals surface area contributed by atoms with E-state index in [2.05, 4.69) is 19.2 Å². The molecule has 1 unspecified atom stereocenters. The van der Waals surface area contributed by atoms with E-state index >= 15 is 0 Å². The zero-order valence-electron chi connectivity index (χ0n) is 29.6. The van der Waals surface area contributed by atoms with Crippen molar-refractivity contribution in [2.75, 3.05) is 40.9 Å². The predicted octanol–water partition coefficient (Wildman–Crippen LogP) is 8.44. The molecule has 0 aliphatic carbocycles. The number of nitrogens with one attached hydrogen (secondary N) is 1. The van der Waals surface area contributed by atoms with Gasteiger partial charge in [-0.3, -0.25) is 9.36 Å². The standard InChI is InChI=1S/C35H73N2O6P/c1-6-8-10-12-14-16-17-18-19-20-21-22-24-26-28-34(38)33(32-43-44(40,41)42-31-30-37(3,4)5)36-35(39)29-27-25-23-15-13-11-9-7-2/h33-34,38H,6-32H2,1-5H3,(H-,36,39,40,41)/t33-,34+/m0/s1. The van der Waals surface area contributed by atoms with E-state index in [1.165, 1.54) is 103 Å². The monoisotopic (exact) mass is 649 g/mol. The Balaban J connectivity index is 4.44. The first-order chi connectivity index (χ1) is 21.0. The molecule has 0 heterocycles. The molecule has 0 aromatic carbocycles. The zero-order chi connectivity index (χ0) is 32.9. The highest BCUT2D eigenvalue weighted by Gasteiger charge is 2.24. The van der Waals surface area contributed by atoms with Crippen LogP contribution in [-0.2, 0) is 18.4 Å². The first-order valence-electron chi connectivity index (χ1n) is 18.4.